The van der Waals surface area contributed by atoms with Crippen LogP contribution in [0.5, 0.6) is 0 Å². The Morgan fingerprint density at radius 2 is 1.96 bits per heavy atom. The third-order valence-electron chi connectivity index (χ3n) is 3.84. The number of carbonyl (C=O) groups is 2. The lowest BCUT2D eigenvalue weighted by Crippen LogP contribution is -2.39. The Kier molecular flexibility index (Phi) is 5.30. The molecular weight excluding hydrogens is 355 g/mol. The number of amides is 1. The smallest absolute Gasteiger partial charge is 0.337 e. The van der Waals surface area contributed by atoms with Gasteiger partial charge in [0, 0.05) is 6.54 Å². The fourth-order valence-corrected chi connectivity index (χ4v) is 2.35. The first-order chi connectivity index (χ1) is 13.0. The van der Waals surface area contributed by atoms with Gasteiger partial charge in [0.2, 0.25) is 6.10 Å². The van der Waals surface area contributed by atoms with Gasteiger partial charge in [-0.1, -0.05) is 17.0 Å². The van der Waals surface area contributed by atoms with Crippen molar-refractivity contribution in [3.8, 4) is 0 Å². The summed E-state index contributed by atoms with van der Waals surface area (Å²) in [5.74, 6) is -1.23. The second-order valence-corrected chi connectivity index (χ2v) is 5.75. The molecule has 3 aromatic rings. The Hall–Kier alpha value is -3.49. The molecule has 1 heterocycles. The number of benzene rings is 2. The molecule has 0 aliphatic rings. The van der Waals surface area contributed by atoms with Gasteiger partial charge in [0.1, 0.15) is 16.9 Å². The van der Waals surface area contributed by atoms with Gasteiger partial charge in [0.15, 0.2) is 0 Å². The van der Waals surface area contributed by atoms with Crippen LogP contribution in [0.1, 0.15) is 22.8 Å². The molecule has 0 fully saturated rings. The molecule has 2 aromatic carbocycles. The van der Waals surface area contributed by atoms with Crippen LogP contribution in [0.15, 0.2) is 42.5 Å². The molecular formula is C18H17FN4O4. The zero-order valence-corrected chi connectivity index (χ0v) is 14.7. The van der Waals surface area contributed by atoms with Crippen LogP contribution in [-0.4, -0.2) is 40.2 Å². The highest BCUT2D eigenvalue weighted by atomic mass is 19.1. The number of methoxy groups -OCH3 is 1. The molecule has 140 valence electrons. The van der Waals surface area contributed by atoms with Gasteiger partial charge in [-0.3, -0.25) is 4.79 Å². The number of aromatic nitrogens is 3. The molecule has 0 spiro atoms. The Morgan fingerprint density at radius 3 is 2.67 bits per heavy atom. The van der Waals surface area contributed by atoms with E-state index in [1.807, 2.05) is 0 Å². The maximum atomic E-state index is 12.9. The van der Waals surface area contributed by atoms with E-state index in [-0.39, 0.29) is 18.3 Å². The molecule has 0 unspecified atom stereocenters. The van der Waals surface area contributed by atoms with Crippen molar-refractivity contribution in [2.45, 2.75) is 19.6 Å². The lowest BCUT2D eigenvalue weighted by molar-refractivity contribution is -0.133. The second kappa shape index (κ2) is 7.81. The summed E-state index contributed by atoms with van der Waals surface area (Å²) in [5.41, 5.74) is 1.99. The molecule has 9 heteroatoms. The Morgan fingerprint density at radius 1 is 1.22 bits per heavy atom. The number of esters is 1. The number of carbonyl (C=O) groups excluding carboxylic acids is 2. The molecule has 1 atom stereocenters. The van der Waals surface area contributed by atoms with E-state index in [4.69, 9.17) is 4.84 Å². The predicted molar refractivity (Wildman–Crippen MR) is 93.2 cm³/mol. The van der Waals surface area contributed by atoms with Crippen LogP contribution >= 0.6 is 0 Å². The van der Waals surface area contributed by atoms with Gasteiger partial charge in [-0.2, -0.15) is 0 Å². The number of hydrogen-bond acceptors (Lipinski definition) is 6. The topological polar surface area (TPSA) is 95.3 Å². The highest BCUT2D eigenvalue weighted by Crippen LogP contribution is 2.14. The number of rotatable bonds is 6. The number of nitrogens with one attached hydrogen (secondary N) is 1. The number of ether oxygens (including phenoxy) is 1. The molecule has 1 N–H and O–H groups in total. The van der Waals surface area contributed by atoms with Crippen LogP contribution in [0.3, 0.4) is 0 Å². The van der Waals surface area contributed by atoms with Gasteiger partial charge in [-0.15, -0.1) is 5.10 Å². The van der Waals surface area contributed by atoms with Crippen molar-refractivity contribution < 1.29 is 23.6 Å². The van der Waals surface area contributed by atoms with E-state index in [1.54, 1.807) is 31.2 Å². The molecule has 8 nitrogen and oxygen atoms in total. The highest BCUT2D eigenvalue weighted by Gasteiger charge is 2.18. The Labute approximate surface area is 153 Å². The SMILES string of the molecule is COC(=O)c1ccc2nnn(O[C@@H](C)C(=O)NCc3ccc(F)cc3)c2c1. The quantitative estimate of drug-likeness (QED) is 0.659. The summed E-state index contributed by atoms with van der Waals surface area (Å²) in [7, 11) is 1.28. The van der Waals surface area contributed by atoms with Crippen LogP contribution in [0.25, 0.3) is 11.0 Å². The summed E-state index contributed by atoms with van der Waals surface area (Å²) < 4.78 is 17.6. The Balaban J connectivity index is 1.67. The monoisotopic (exact) mass is 372 g/mol. The first kappa shape index (κ1) is 18.3. The van der Waals surface area contributed by atoms with Gasteiger partial charge < -0.3 is 14.9 Å². The van der Waals surface area contributed by atoms with Crippen molar-refractivity contribution in [2.75, 3.05) is 7.11 Å². The van der Waals surface area contributed by atoms with Crippen LogP contribution in [0, 0.1) is 5.82 Å². The normalized spacial score (nSPS) is 11.8. The number of nitrogens with zero attached hydrogens (tertiary/aromatic N) is 3. The fourth-order valence-electron chi connectivity index (χ4n) is 2.35. The zero-order chi connectivity index (χ0) is 19.4. The van der Waals surface area contributed by atoms with Crippen LogP contribution in [-0.2, 0) is 16.1 Å². The van der Waals surface area contributed by atoms with Gasteiger partial charge >= 0.3 is 5.97 Å². The third-order valence-corrected chi connectivity index (χ3v) is 3.84. The van der Waals surface area contributed by atoms with E-state index in [0.29, 0.717) is 16.6 Å². The highest BCUT2D eigenvalue weighted by molar-refractivity contribution is 5.93. The van der Waals surface area contributed by atoms with Crippen LogP contribution in [0.4, 0.5) is 4.39 Å². The molecule has 1 amide bonds. The fraction of sp³-hybridized carbons (Fsp3) is 0.222. The summed E-state index contributed by atoms with van der Waals surface area (Å²) in [6, 6.07) is 10.5. The lowest BCUT2D eigenvalue weighted by Gasteiger charge is -2.14. The number of fused-ring (bicyclic) bond motifs is 1. The average molecular weight is 372 g/mol. The first-order valence-electron chi connectivity index (χ1n) is 8.11. The van der Waals surface area contributed by atoms with Gasteiger partial charge in [-0.05, 0) is 48.0 Å². The molecule has 0 aliphatic heterocycles. The van der Waals surface area contributed by atoms with Crippen LogP contribution < -0.4 is 10.2 Å². The first-order valence-corrected chi connectivity index (χ1v) is 8.11. The van der Waals surface area contributed by atoms with E-state index in [0.717, 1.165) is 10.4 Å². The predicted octanol–water partition coefficient (Wildman–Crippen LogP) is 1.49. The van der Waals surface area contributed by atoms with E-state index in [1.165, 1.54) is 25.3 Å². The number of halogens is 1. The third kappa shape index (κ3) is 4.20. The summed E-state index contributed by atoms with van der Waals surface area (Å²) in [4.78, 5) is 30.5. The van der Waals surface area contributed by atoms with Crippen molar-refractivity contribution in [1.82, 2.24) is 20.5 Å². The molecule has 0 radical (unpaired) electrons. The van der Waals surface area contributed by atoms with Gasteiger partial charge in [-0.25, -0.2) is 9.18 Å². The maximum absolute atomic E-state index is 12.9. The minimum absolute atomic E-state index is 0.234. The van der Waals surface area contributed by atoms with Crippen LogP contribution in [0.2, 0.25) is 0 Å². The lowest BCUT2D eigenvalue weighted by atomic mass is 10.2. The van der Waals surface area contributed by atoms with Crippen molar-refractivity contribution in [3.63, 3.8) is 0 Å². The minimum atomic E-state index is -0.878. The zero-order valence-electron chi connectivity index (χ0n) is 14.7. The van der Waals surface area contributed by atoms with E-state index in [9.17, 15) is 14.0 Å². The minimum Gasteiger partial charge on any atom is -0.465 e. The van der Waals surface area contributed by atoms with Crippen molar-refractivity contribution in [2.24, 2.45) is 0 Å². The average Bonchev–Trinajstić information content (AvgIpc) is 3.08. The van der Waals surface area contributed by atoms with Crippen molar-refractivity contribution in [3.05, 3.63) is 59.4 Å². The number of hydrogen-bond donors (Lipinski definition) is 1. The molecule has 0 saturated carbocycles. The van der Waals surface area contributed by atoms with Gasteiger partial charge in [0.25, 0.3) is 5.91 Å². The van der Waals surface area contributed by atoms with E-state index in [2.05, 4.69) is 20.4 Å². The molecule has 0 saturated heterocycles. The summed E-state index contributed by atoms with van der Waals surface area (Å²) in [6.07, 6.45) is -0.878. The summed E-state index contributed by atoms with van der Waals surface area (Å²) >= 11 is 0. The van der Waals surface area contributed by atoms with Crippen molar-refractivity contribution >= 4 is 22.9 Å². The van der Waals surface area contributed by atoms with Gasteiger partial charge in [0.05, 0.1) is 12.7 Å². The molecule has 1 aromatic heterocycles. The largest absolute Gasteiger partial charge is 0.465 e. The molecule has 0 bridgehead atoms. The maximum Gasteiger partial charge on any atom is 0.337 e. The van der Waals surface area contributed by atoms with Crippen molar-refractivity contribution in [1.29, 1.82) is 0 Å². The van der Waals surface area contributed by atoms with E-state index < -0.39 is 12.1 Å². The molecule has 3 rings (SSSR count). The second-order valence-electron chi connectivity index (χ2n) is 5.75. The molecule has 0 aliphatic carbocycles. The Bertz CT molecular complexity index is 971. The molecule has 27 heavy (non-hydrogen) atoms. The summed E-state index contributed by atoms with van der Waals surface area (Å²) in [5, 5.41) is 10.5. The standard InChI is InChI=1S/C18H17FN4O4/c1-11(17(24)20-10-12-3-6-14(19)7-4-12)27-23-16-9-13(18(25)26-2)5-8-15(16)21-22-23/h3-9,11H,10H2,1-2H3,(H,20,24)/t11-/m0/s1. The van der Waals surface area contributed by atoms with E-state index >= 15 is 0 Å². The summed E-state index contributed by atoms with van der Waals surface area (Å²) in [6.45, 7) is 1.79.